The lowest BCUT2D eigenvalue weighted by atomic mass is 9.93. The Labute approximate surface area is 129 Å². The molecule has 2 fully saturated rings. The SMILES string of the molecule is CCc1cc2c(N3CC4CNCC4C3CC)ncnc2s1. The van der Waals surface area contributed by atoms with Crippen LogP contribution in [0.5, 0.6) is 0 Å². The van der Waals surface area contributed by atoms with E-state index in [1.807, 2.05) is 11.3 Å². The number of aryl methyl sites for hydroxylation is 1. The molecule has 4 heterocycles. The van der Waals surface area contributed by atoms with E-state index in [9.17, 15) is 0 Å². The summed E-state index contributed by atoms with van der Waals surface area (Å²) in [5.41, 5.74) is 0. The van der Waals surface area contributed by atoms with E-state index in [4.69, 9.17) is 0 Å². The number of hydrogen-bond donors (Lipinski definition) is 1. The molecular weight excluding hydrogens is 280 g/mol. The van der Waals surface area contributed by atoms with Crippen molar-refractivity contribution in [1.29, 1.82) is 0 Å². The van der Waals surface area contributed by atoms with Crippen LogP contribution < -0.4 is 10.2 Å². The van der Waals surface area contributed by atoms with Crippen LogP contribution in [0.2, 0.25) is 0 Å². The maximum Gasteiger partial charge on any atom is 0.141 e. The van der Waals surface area contributed by atoms with Crippen molar-refractivity contribution in [3.05, 3.63) is 17.3 Å². The normalized spacial score (nSPS) is 28.5. The first-order valence-corrected chi connectivity index (χ1v) is 8.84. The predicted molar refractivity (Wildman–Crippen MR) is 88.1 cm³/mol. The highest BCUT2D eigenvalue weighted by Gasteiger charge is 2.44. The molecule has 0 bridgehead atoms. The van der Waals surface area contributed by atoms with E-state index in [1.54, 1.807) is 6.33 Å². The van der Waals surface area contributed by atoms with E-state index in [-0.39, 0.29) is 0 Å². The summed E-state index contributed by atoms with van der Waals surface area (Å²) in [6, 6.07) is 2.92. The maximum absolute atomic E-state index is 4.66. The molecule has 0 saturated carbocycles. The number of fused-ring (bicyclic) bond motifs is 2. The first-order chi connectivity index (χ1) is 10.3. The van der Waals surface area contributed by atoms with Gasteiger partial charge in [-0.05, 0) is 30.7 Å². The molecule has 5 heteroatoms. The van der Waals surface area contributed by atoms with Gasteiger partial charge in [-0.2, -0.15) is 0 Å². The highest BCUT2D eigenvalue weighted by molar-refractivity contribution is 7.18. The third-order valence-corrected chi connectivity index (χ3v) is 6.30. The standard InChI is InChI=1S/C16H22N4S/c1-3-11-5-12-15(18-9-19-16(12)21-11)20-8-10-6-17-7-13(10)14(20)4-2/h5,9-10,13-14,17H,3-4,6-8H2,1-2H3. The summed E-state index contributed by atoms with van der Waals surface area (Å²) >= 11 is 1.81. The number of hydrogen-bond acceptors (Lipinski definition) is 5. The van der Waals surface area contributed by atoms with E-state index in [0.717, 1.165) is 48.5 Å². The molecule has 0 aromatic carbocycles. The van der Waals surface area contributed by atoms with Gasteiger partial charge < -0.3 is 10.2 Å². The monoisotopic (exact) mass is 302 g/mol. The molecule has 0 aliphatic carbocycles. The lowest BCUT2D eigenvalue weighted by Crippen LogP contribution is -2.35. The van der Waals surface area contributed by atoms with Crippen LogP contribution in [0.15, 0.2) is 12.4 Å². The topological polar surface area (TPSA) is 41.0 Å². The summed E-state index contributed by atoms with van der Waals surface area (Å²) in [6.07, 6.45) is 4.01. The average Bonchev–Trinajstić information content (AvgIpc) is 3.19. The number of anilines is 1. The third kappa shape index (κ3) is 2.06. The van der Waals surface area contributed by atoms with Crippen molar-refractivity contribution >= 4 is 27.4 Å². The Bertz CT molecular complexity index is 653. The van der Waals surface area contributed by atoms with Crippen molar-refractivity contribution in [2.45, 2.75) is 32.7 Å². The molecular formula is C16H22N4S. The Morgan fingerprint density at radius 2 is 2.24 bits per heavy atom. The zero-order valence-corrected chi connectivity index (χ0v) is 13.5. The molecule has 3 atom stereocenters. The largest absolute Gasteiger partial charge is 0.352 e. The molecule has 2 aromatic heterocycles. The van der Waals surface area contributed by atoms with Crippen molar-refractivity contribution in [1.82, 2.24) is 15.3 Å². The fourth-order valence-corrected chi connectivity index (χ4v) is 5.01. The zero-order valence-electron chi connectivity index (χ0n) is 12.7. The Balaban J connectivity index is 1.77. The third-order valence-electron chi connectivity index (χ3n) is 5.12. The lowest BCUT2D eigenvalue weighted by Gasteiger charge is -2.28. The van der Waals surface area contributed by atoms with Crippen molar-refractivity contribution in [3.63, 3.8) is 0 Å². The second kappa shape index (κ2) is 5.21. The molecule has 21 heavy (non-hydrogen) atoms. The van der Waals surface area contributed by atoms with Crippen LogP contribution in [-0.4, -0.2) is 35.6 Å². The second-order valence-corrected chi connectivity index (χ2v) is 7.31. The van der Waals surface area contributed by atoms with Crippen LogP contribution in [0.4, 0.5) is 5.82 Å². The Morgan fingerprint density at radius 1 is 1.33 bits per heavy atom. The number of nitrogens with one attached hydrogen (secondary N) is 1. The van der Waals surface area contributed by atoms with Crippen molar-refractivity contribution < 1.29 is 0 Å². The van der Waals surface area contributed by atoms with Gasteiger partial charge in [0.1, 0.15) is 17.0 Å². The van der Waals surface area contributed by atoms with Crippen LogP contribution in [-0.2, 0) is 6.42 Å². The summed E-state index contributed by atoms with van der Waals surface area (Å²) in [5, 5.41) is 4.81. The summed E-state index contributed by atoms with van der Waals surface area (Å²) in [7, 11) is 0. The van der Waals surface area contributed by atoms with E-state index >= 15 is 0 Å². The van der Waals surface area contributed by atoms with Crippen molar-refractivity contribution in [3.8, 4) is 0 Å². The number of rotatable bonds is 3. The first-order valence-electron chi connectivity index (χ1n) is 8.02. The average molecular weight is 302 g/mol. The molecule has 0 spiro atoms. The predicted octanol–water partition coefficient (Wildman–Crippen LogP) is 2.69. The van der Waals surface area contributed by atoms with Gasteiger partial charge in [0.2, 0.25) is 0 Å². The summed E-state index contributed by atoms with van der Waals surface area (Å²) in [6.45, 7) is 7.98. The summed E-state index contributed by atoms with van der Waals surface area (Å²) in [4.78, 5) is 14.2. The van der Waals surface area contributed by atoms with Gasteiger partial charge in [-0.15, -0.1) is 11.3 Å². The molecule has 2 saturated heterocycles. The van der Waals surface area contributed by atoms with Crippen molar-refractivity contribution in [2.75, 3.05) is 24.5 Å². The maximum atomic E-state index is 4.66. The van der Waals surface area contributed by atoms with Crippen LogP contribution >= 0.6 is 11.3 Å². The molecule has 2 aliphatic rings. The highest BCUT2D eigenvalue weighted by Crippen LogP contribution is 2.40. The molecule has 4 nitrogen and oxygen atoms in total. The fraction of sp³-hybridized carbons (Fsp3) is 0.625. The van der Waals surface area contributed by atoms with E-state index in [2.05, 4.69) is 40.1 Å². The summed E-state index contributed by atoms with van der Waals surface area (Å²) < 4.78 is 0. The minimum Gasteiger partial charge on any atom is -0.352 e. The minimum absolute atomic E-state index is 0.619. The van der Waals surface area contributed by atoms with Gasteiger partial charge in [-0.1, -0.05) is 13.8 Å². The van der Waals surface area contributed by atoms with Gasteiger partial charge in [0.05, 0.1) is 5.39 Å². The van der Waals surface area contributed by atoms with Crippen LogP contribution in [0, 0.1) is 11.8 Å². The Morgan fingerprint density at radius 3 is 3.05 bits per heavy atom. The highest BCUT2D eigenvalue weighted by atomic mass is 32.1. The van der Waals surface area contributed by atoms with E-state index in [1.165, 1.54) is 16.7 Å². The quantitative estimate of drug-likeness (QED) is 0.946. The first kappa shape index (κ1) is 13.5. The molecule has 0 radical (unpaired) electrons. The van der Waals surface area contributed by atoms with Crippen molar-refractivity contribution in [2.24, 2.45) is 11.8 Å². The van der Waals surface area contributed by atoms with Crippen LogP contribution in [0.3, 0.4) is 0 Å². The minimum atomic E-state index is 0.619. The molecule has 0 amide bonds. The number of aromatic nitrogens is 2. The van der Waals surface area contributed by atoms with Gasteiger partial charge in [-0.3, -0.25) is 0 Å². The fourth-order valence-electron chi connectivity index (χ4n) is 4.09. The molecule has 4 rings (SSSR count). The van der Waals surface area contributed by atoms with Gasteiger partial charge in [0, 0.05) is 30.6 Å². The second-order valence-electron chi connectivity index (χ2n) is 6.19. The van der Waals surface area contributed by atoms with E-state index in [0.29, 0.717) is 6.04 Å². The van der Waals surface area contributed by atoms with Crippen LogP contribution in [0.25, 0.3) is 10.2 Å². The number of thiophene rings is 1. The van der Waals surface area contributed by atoms with E-state index < -0.39 is 0 Å². The lowest BCUT2D eigenvalue weighted by molar-refractivity contribution is 0.441. The van der Waals surface area contributed by atoms with Crippen LogP contribution in [0.1, 0.15) is 25.1 Å². The van der Waals surface area contributed by atoms with Gasteiger partial charge in [0.25, 0.3) is 0 Å². The Hall–Kier alpha value is -1.20. The van der Waals surface area contributed by atoms with Gasteiger partial charge >= 0.3 is 0 Å². The molecule has 1 N–H and O–H groups in total. The smallest absolute Gasteiger partial charge is 0.141 e. The summed E-state index contributed by atoms with van der Waals surface area (Å²) in [5.74, 6) is 2.73. The molecule has 3 unspecified atom stereocenters. The molecule has 112 valence electrons. The number of nitrogens with zero attached hydrogens (tertiary/aromatic N) is 3. The zero-order chi connectivity index (χ0) is 14.4. The van der Waals surface area contributed by atoms with Gasteiger partial charge in [0.15, 0.2) is 0 Å². The molecule has 2 aliphatic heterocycles. The molecule has 2 aromatic rings. The Kier molecular flexibility index (Phi) is 3.34. The van der Waals surface area contributed by atoms with Gasteiger partial charge in [-0.25, -0.2) is 9.97 Å².